The molecule has 1 aliphatic carbocycles. The molecule has 0 aromatic heterocycles. The van der Waals surface area contributed by atoms with Crippen LogP contribution in [0.1, 0.15) is 38.5 Å². The van der Waals surface area contributed by atoms with Crippen molar-refractivity contribution in [3.8, 4) is 5.75 Å². The van der Waals surface area contributed by atoms with Crippen LogP contribution in [0.15, 0.2) is 18.2 Å². The van der Waals surface area contributed by atoms with Crippen molar-refractivity contribution in [1.29, 1.82) is 0 Å². The summed E-state index contributed by atoms with van der Waals surface area (Å²) in [5.41, 5.74) is -2.33. The average Bonchev–Trinajstić information content (AvgIpc) is 3.02. The first-order valence-corrected chi connectivity index (χ1v) is 11.2. The molecule has 0 bridgehead atoms. The number of benzene rings is 1. The van der Waals surface area contributed by atoms with E-state index in [-0.39, 0.29) is 38.0 Å². The van der Waals surface area contributed by atoms with Gasteiger partial charge in [0, 0.05) is 51.5 Å². The second kappa shape index (κ2) is 10.9. The smallest absolute Gasteiger partial charge is 0.248 e. The topological polar surface area (TPSA) is 82.5 Å². The van der Waals surface area contributed by atoms with E-state index >= 15 is 0 Å². The van der Waals surface area contributed by atoms with Crippen molar-refractivity contribution in [2.45, 2.75) is 49.7 Å². The van der Waals surface area contributed by atoms with Crippen molar-refractivity contribution in [1.82, 2.24) is 9.80 Å². The number of amides is 1. The molecular weight excluding hydrogens is 422 g/mol. The largest absolute Gasteiger partial charge is 0.490 e. The molecule has 180 valence electrons. The van der Waals surface area contributed by atoms with Gasteiger partial charge in [-0.3, -0.25) is 9.69 Å². The van der Waals surface area contributed by atoms with E-state index in [1.807, 2.05) is 4.90 Å². The Bertz CT molecular complexity index is 753. The Balaban J connectivity index is 1.75. The highest BCUT2D eigenvalue weighted by molar-refractivity contribution is 5.77. The molecule has 1 saturated carbocycles. The second-order valence-electron chi connectivity index (χ2n) is 9.22. The Kier molecular flexibility index (Phi) is 8.43. The summed E-state index contributed by atoms with van der Waals surface area (Å²) in [6, 6.07) is 2.83. The quantitative estimate of drug-likeness (QED) is 0.611. The van der Waals surface area contributed by atoms with Crippen LogP contribution in [0.2, 0.25) is 0 Å². The summed E-state index contributed by atoms with van der Waals surface area (Å²) in [6.45, 7) is 1.00. The van der Waals surface area contributed by atoms with Crippen LogP contribution in [0.4, 0.5) is 8.78 Å². The minimum atomic E-state index is -1.50. The molecule has 2 aliphatic rings. The molecule has 1 amide bonds. The van der Waals surface area contributed by atoms with E-state index in [4.69, 9.17) is 9.47 Å². The first-order chi connectivity index (χ1) is 15.2. The number of β-amino-alcohol motifs (C(OH)–C–C–N with tert-alkyl or cyclic N) is 2. The lowest BCUT2D eigenvalue weighted by molar-refractivity contribution is -0.138. The highest BCUT2D eigenvalue weighted by Crippen LogP contribution is 2.29. The van der Waals surface area contributed by atoms with E-state index < -0.39 is 22.8 Å². The fraction of sp³-hybridized carbons (Fsp3) is 0.696. The van der Waals surface area contributed by atoms with Gasteiger partial charge in [-0.05, 0) is 12.8 Å². The van der Waals surface area contributed by atoms with E-state index in [9.17, 15) is 23.8 Å². The summed E-state index contributed by atoms with van der Waals surface area (Å²) in [5.74, 6) is -1.86. The fourth-order valence-corrected chi connectivity index (χ4v) is 4.69. The standard InChI is InChI=1S/C23H34F2N2O5/c1-31-13-21(28)27-9-8-26(14-22(29)6-4-2-3-5-7-22)15-23(30,16-27)17-32-20-11-18(24)10-19(25)12-20/h10-12,29-30H,2-9,13-17H2,1H3/t23-/m0/s1. The van der Waals surface area contributed by atoms with E-state index in [2.05, 4.69) is 0 Å². The van der Waals surface area contributed by atoms with Gasteiger partial charge >= 0.3 is 0 Å². The van der Waals surface area contributed by atoms with Crippen LogP contribution in [-0.4, -0.2) is 90.2 Å². The predicted molar refractivity (Wildman–Crippen MR) is 114 cm³/mol. The number of carbonyl (C=O) groups excluding carboxylic acids is 1. The maximum atomic E-state index is 13.5. The summed E-state index contributed by atoms with van der Waals surface area (Å²) in [6.07, 6.45) is 5.52. The summed E-state index contributed by atoms with van der Waals surface area (Å²) >= 11 is 0. The first kappa shape index (κ1) is 24.8. The number of halogens is 2. The number of ether oxygens (including phenoxy) is 2. The summed E-state index contributed by atoms with van der Waals surface area (Å²) in [7, 11) is 1.43. The maximum absolute atomic E-state index is 13.5. The van der Waals surface area contributed by atoms with Crippen LogP contribution in [0, 0.1) is 11.6 Å². The molecule has 1 aromatic carbocycles. The van der Waals surface area contributed by atoms with Gasteiger partial charge in [-0.1, -0.05) is 25.7 Å². The fourth-order valence-electron chi connectivity index (χ4n) is 4.69. The molecule has 1 aliphatic heterocycles. The number of rotatable bonds is 7. The van der Waals surface area contributed by atoms with Gasteiger partial charge in [-0.25, -0.2) is 8.78 Å². The number of methoxy groups -OCH3 is 1. The minimum absolute atomic E-state index is 0.0120. The molecule has 2 N–H and O–H groups in total. The normalized spacial score (nSPS) is 24.6. The Morgan fingerprint density at radius 3 is 2.28 bits per heavy atom. The summed E-state index contributed by atoms with van der Waals surface area (Å²) in [4.78, 5) is 16.0. The number of hydrogen-bond donors (Lipinski definition) is 2. The monoisotopic (exact) mass is 456 g/mol. The van der Waals surface area contributed by atoms with Crippen LogP contribution < -0.4 is 4.74 Å². The summed E-state index contributed by atoms with van der Waals surface area (Å²) in [5, 5.41) is 22.6. The van der Waals surface area contributed by atoms with Crippen molar-refractivity contribution < 1.29 is 33.3 Å². The van der Waals surface area contributed by atoms with Crippen molar-refractivity contribution in [3.05, 3.63) is 29.8 Å². The van der Waals surface area contributed by atoms with E-state index in [1.54, 1.807) is 0 Å². The van der Waals surface area contributed by atoms with E-state index in [0.29, 0.717) is 32.5 Å². The third kappa shape index (κ3) is 7.10. The van der Waals surface area contributed by atoms with Gasteiger partial charge in [0.25, 0.3) is 0 Å². The van der Waals surface area contributed by atoms with Crippen LogP contribution in [0.5, 0.6) is 5.75 Å². The van der Waals surface area contributed by atoms with E-state index in [0.717, 1.165) is 43.9 Å². The van der Waals surface area contributed by atoms with Crippen LogP contribution in [-0.2, 0) is 9.53 Å². The lowest BCUT2D eigenvalue weighted by Gasteiger charge is -2.36. The Morgan fingerprint density at radius 1 is 1.00 bits per heavy atom. The zero-order valence-corrected chi connectivity index (χ0v) is 18.7. The van der Waals surface area contributed by atoms with Crippen molar-refractivity contribution in [2.75, 3.05) is 53.0 Å². The lowest BCUT2D eigenvalue weighted by Crippen LogP contribution is -2.54. The van der Waals surface area contributed by atoms with Gasteiger partial charge in [-0.2, -0.15) is 0 Å². The van der Waals surface area contributed by atoms with E-state index in [1.165, 1.54) is 12.0 Å². The molecule has 1 saturated heterocycles. The maximum Gasteiger partial charge on any atom is 0.248 e. The van der Waals surface area contributed by atoms with Gasteiger partial charge in [0.1, 0.15) is 36.2 Å². The first-order valence-electron chi connectivity index (χ1n) is 11.2. The molecule has 9 heteroatoms. The molecule has 1 heterocycles. The third-order valence-corrected chi connectivity index (χ3v) is 6.21. The molecule has 32 heavy (non-hydrogen) atoms. The third-order valence-electron chi connectivity index (χ3n) is 6.21. The zero-order chi connectivity index (χ0) is 23.2. The molecule has 1 atom stereocenters. The summed E-state index contributed by atoms with van der Waals surface area (Å²) < 4.78 is 37.5. The Labute approximate surface area is 187 Å². The molecule has 0 radical (unpaired) electrons. The van der Waals surface area contributed by atoms with Crippen LogP contribution in [0.3, 0.4) is 0 Å². The minimum Gasteiger partial charge on any atom is -0.490 e. The molecule has 7 nitrogen and oxygen atoms in total. The molecular formula is C23H34F2N2O5. The highest BCUT2D eigenvalue weighted by Gasteiger charge is 2.40. The zero-order valence-electron chi connectivity index (χ0n) is 18.7. The molecule has 2 fully saturated rings. The molecule has 0 unspecified atom stereocenters. The molecule has 0 spiro atoms. The number of nitrogens with zero attached hydrogens (tertiary/aromatic N) is 2. The Hall–Kier alpha value is -1.81. The molecule has 3 rings (SSSR count). The number of hydrogen-bond acceptors (Lipinski definition) is 6. The van der Waals surface area contributed by atoms with Gasteiger partial charge in [0.05, 0.1) is 12.1 Å². The van der Waals surface area contributed by atoms with Crippen LogP contribution >= 0.6 is 0 Å². The van der Waals surface area contributed by atoms with Crippen molar-refractivity contribution in [3.63, 3.8) is 0 Å². The number of carbonyl (C=O) groups is 1. The van der Waals surface area contributed by atoms with Gasteiger partial charge in [-0.15, -0.1) is 0 Å². The number of aliphatic hydroxyl groups is 2. The van der Waals surface area contributed by atoms with Gasteiger partial charge in [0.15, 0.2) is 0 Å². The van der Waals surface area contributed by atoms with Crippen LogP contribution in [0.25, 0.3) is 0 Å². The lowest BCUT2D eigenvalue weighted by atomic mass is 9.93. The Morgan fingerprint density at radius 2 is 1.66 bits per heavy atom. The molecule has 1 aromatic rings. The van der Waals surface area contributed by atoms with Gasteiger partial charge in [0.2, 0.25) is 5.91 Å². The second-order valence-corrected chi connectivity index (χ2v) is 9.22. The van der Waals surface area contributed by atoms with Crippen molar-refractivity contribution in [2.24, 2.45) is 0 Å². The van der Waals surface area contributed by atoms with Crippen molar-refractivity contribution >= 4 is 5.91 Å². The highest BCUT2D eigenvalue weighted by atomic mass is 19.1. The predicted octanol–water partition coefficient (Wildman–Crippen LogP) is 1.95. The van der Waals surface area contributed by atoms with Gasteiger partial charge < -0.3 is 24.6 Å². The average molecular weight is 457 g/mol. The SMILES string of the molecule is COCC(=O)N1CCN(CC2(O)CCCCCC2)C[C@@](O)(COc2cc(F)cc(F)c2)C1.